The molecule has 3 rings (SSSR count). The number of hydrogen-bond acceptors (Lipinski definition) is 5. The van der Waals surface area contributed by atoms with Crippen molar-refractivity contribution < 1.29 is 13.2 Å². The lowest BCUT2D eigenvalue weighted by molar-refractivity contribution is -0.119. The van der Waals surface area contributed by atoms with E-state index in [2.05, 4.69) is 21.6 Å². The molecule has 0 radical (unpaired) electrons. The van der Waals surface area contributed by atoms with Gasteiger partial charge in [0.15, 0.2) is 14.6 Å². The van der Waals surface area contributed by atoms with Gasteiger partial charge in [-0.25, -0.2) is 8.42 Å². The van der Waals surface area contributed by atoms with Gasteiger partial charge >= 0.3 is 0 Å². The third-order valence-corrected chi connectivity index (χ3v) is 7.59. The second-order valence-electron chi connectivity index (χ2n) is 7.51. The Hall–Kier alpha value is -0.860. The molecule has 28 heavy (non-hydrogen) atoms. The molecule has 160 valence electrons. The highest BCUT2D eigenvalue weighted by Crippen LogP contribution is 2.29. The molecule has 0 unspecified atom stereocenters. The van der Waals surface area contributed by atoms with Crippen molar-refractivity contribution in [2.45, 2.75) is 43.4 Å². The molecule has 2 saturated heterocycles. The quantitative estimate of drug-likeness (QED) is 0.718. The molecule has 2 aliphatic rings. The van der Waals surface area contributed by atoms with E-state index in [1.807, 2.05) is 18.2 Å². The zero-order valence-electron chi connectivity index (χ0n) is 16.3. The normalized spacial score (nSPS) is 19.8. The van der Waals surface area contributed by atoms with Crippen LogP contribution in [0.25, 0.3) is 0 Å². The summed E-state index contributed by atoms with van der Waals surface area (Å²) in [6, 6.07) is 7.77. The molecule has 0 bridgehead atoms. The van der Waals surface area contributed by atoms with Gasteiger partial charge in [0, 0.05) is 18.5 Å². The summed E-state index contributed by atoms with van der Waals surface area (Å²) in [7, 11) is -3.50. The van der Waals surface area contributed by atoms with Gasteiger partial charge in [-0.2, -0.15) is 0 Å². The summed E-state index contributed by atoms with van der Waals surface area (Å²) in [5.41, 5.74) is 1.81. The number of likely N-dealkylation sites (tertiary alicyclic amines) is 1. The predicted octanol–water partition coefficient (Wildman–Crippen LogP) is 2.62. The summed E-state index contributed by atoms with van der Waals surface area (Å²) < 4.78 is 23.4. The maximum Gasteiger partial charge on any atom is 0.245 e. The van der Waals surface area contributed by atoms with Gasteiger partial charge in [-0.15, -0.1) is 24.8 Å². The summed E-state index contributed by atoms with van der Waals surface area (Å²) in [6.07, 6.45) is 5.57. The van der Waals surface area contributed by atoms with Gasteiger partial charge in [0.1, 0.15) is 0 Å². The molecular formula is C19H31Cl2N3O3S. The largest absolute Gasteiger partial charge is 0.325 e. The Bertz CT molecular complexity index is 747. The molecule has 1 aromatic rings. The predicted molar refractivity (Wildman–Crippen MR) is 118 cm³/mol. The lowest BCUT2D eigenvalue weighted by Gasteiger charge is -2.34. The lowest BCUT2D eigenvalue weighted by Crippen LogP contribution is -2.55. The van der Waals surface area contributed by atoms with Crippen LogP contribution in [-0.4, -0.2) is 56.4 Å². The standard InChI is InChI=1S/C19H29N3O3S.2ClH/c1-26(24,25)19(8-10-20-11-9-19)18(23)21-17-7-5-6-16(14-17)15-22-12-3-2-4-13-22;;/h5-7,14,20H,2-4,8-13,15H2,1H3,(H,21,23);2*1H. The number of amides is 1. The minimum Gasteiger partial charge on any atom is -0.325 e. The first-order valence-electron chi connectivity index (χ1n) is 9.44. The van der Waals surface area contributed by atoms with Crippen LogP contribution in [0.1, 0.15) is 37.7 Å². The van der Waals surface area contributed by atoms with Gasteiger partial charge in [0.25, 0.3) is 0 Å². The molecule has 2 heterocycles. The molecule has 1 amide bonds. The monoisotopic (exact) mass is 451 g/mol. The van der Waals surface area contributed by atoms with Gasteiger partial charge in [0.2, 0.25) is 5.91 Å². The van der Waals surface area contributed by atoms with E-state index in [0.29, 0.717) is 31.6 Å². The second-order valence-corrected chi connectivity index (χ2v) is 9.83. The lowest BCUT2D eigenvalue weighted by atomic mass is 9.95. The van der Waals surface area contributed by atoms with E-state index in [1.54, 1.807) is 0 Å². The average Bonchev–Trinajstić information content (AvgIpc) is 2.62. The number of halogens is 2. The van der Waals surface area contributed by atoms with E-state index in [4.69, 9.17) is 0 Å². The van der Waals surface area contributed by atoms with Crippen molar-refractivity contribution in [1.29, 1.82) is 0 Å². The SMILES string of the molecule is CS(=O)(=O)C1(C(=O)Nc2cccc(CN3CCCCC3)c2)CCNCC1.Cl.Cl. The number of carbonyl (C=O) groups is 1. The van der Waals surface area contributed by atoms with Gasteiger partial charge in [0.05, 0.1) is 0 Å². The highest BCUT2D eigenvalue weighted by molar-refractivity contribution is 7.92. The van der Waals surface area contributed by atoms with Crippen molar-refractivity contribution in [2.75, 3.05) is 37.8 Å². The van der Waals surface area contributed by atoms with E-state index < -0.39 is 20.5 Å². The van der Waals surface area contributed by atoms with Crippen LogP contribution < -0.4 is 10.6 Å². The Morgan fingerprint density at radius 3 is 2.39 bits per heavy atom. The van der Waals surface area contributed by atoms with E-state index in [9.17, 15) is 13.2 Å². The van der Waals surface area contributed by atoms with Gasteiger partial charge in [-0.1, -0.05) is 18.6 Å². The summed E-state index contributed by atoms with van der Waals surface area (Å²) in [5, 5.41) is 6.01. The molecule has 0 saturated carbocycles. The molecule has 0 spiro atoms. The number of nitrogens with zero attached hydrogens (tertiary/aromatic N) is 1. The first-order chi connectivity index (χ1) is 12.4. The number of carbonyl (C=O) groups excluding carboxylic acids is 1. The van der Waals surface area contributed by atoms with Crippen LogP contribution in [0.3, 0.4) is 0 Å². The molecule has 0 atom stereocenters. The number of rotatable bonds is 5. The minimum atomic E-state index is -3.50. The number of sulfone groups is 1. The van der Waals surface area contributed by atoms with Gasteiger partial charge in [-0.05, 0) is 69.6 Å². The fourth-order valence-corrected chi connectivity index (χ4v) is 5.30. The summed E-state index contributed by atoms with van der Waals surface area (Å²) in [6.45, 7) is 4.16. The minimum absolute atomic E-state index is 0. The summed E-state index contributed by atoms with van der Waals surface area (Å²) in [5.74, 6) is -0.406. The molecule has 2 fully saturated rings. The first-order valence-corrected chi connectivity index (χ1v) is 11.3. The first kappa shape index (κ1) is 25.2. The van der Waals surface area contributed by atoms with Crippen LogP contribution in [0.2, 0.25) is 0 Å². The zero-order chi connectivity index (χ0) is 18.6. The molecule has 0 aromatic heterocycles. The van der Waals surface area contributed by atoms with Crippen molar-refractivity contribution >= 4 is 46.2 Å². The number of nitrogens with one attached hydrogen (secondary N) is 2. The number of anilines is 1. The molecule has 9 heteroatoms. The van der Waals surface area contributed by atoms with Crippen LogP contribution in [0.5, 0.6) is 0 Å². The van der Waals surface area contributed by atoms with E-state index in [0.717, 1.165) is 25.2 Å². The average molecular weight is 452 g/mol. The van der Waals surface area contributed by atoms with Gasteiger partial charge in [-0.3, -0.25) is 9.69 Å². The molecule has 2 N–H and O–H groups in total. The molecule has 6 nitrogen and oxygen atoms in total. The highest BCUT2D eigenvalue weighted by Gasteiger charge is 2.48. The number of benzene rings is 1. The van der Waals surface area contributed by atoms with Crippen molar-refractivity contribution in [3.8, 4) is 0 Å². The Labute approximate surface area is 180 Å². The molecule has 1 aromatic carbocycles. The summed E-state index contributed by atoms with van der Waals surface area (Å²) >= 11 is 0. The van der Waals surface area contributed by atoms with Crippen molar-refractivity contribution in [1.82, 2.24) is 10.2 Å². The zero-order valence-corrected chi connectivity index (χ0v) is 18.7. The van der Waals surface area contributed by atoms with E-state index in [-0.39, 0.29) is 24.8 Å². The third kappa shape index (κ3) is 5.83. The third-order valence-electron chi connectivity index (χ3n) is 5.57. The molecule has 0 aliphatic carbocycles. The van der Waals surface area contributed by atoms with Crippen LogP contribution in [-0.2, 0) is 21.2 Å². The topological polar surface area (TPSA) is 78.5 Å². The van der Waals surface area contributed by atoms with Crippen molar-refractivity contribution in [3.05, 3.63) is 29.8 Å². The smallest absolute Gasteiger partial charge is 0.245 e. The fourth-order valence-electron chi connectivity index (χ4n) is 3.97. The fraction of sp³-hybridized carbons (Fsp3) is 0.632. The van der Waals surface area contributed by atoms with Crippen molar-refractivity contribution in [2.24, 2.45) is 0 Å². The van der Waals surface area contributed by atoms with Crippen LogP contribution in [0, 0.1) is 0 Å². The van der Waals surface area contributed by atoms with Crippen LogP contribution in [0.15, 0.2) is 24.3 Å². The Morgan fingerprint density at radius 1 is 1.14 bits per heavy atom. The van der Waals surface area contributed by atoms with E-state index in [1.165, 1.54) is 25.5 Å². The molecule has 2 aliphatic heterocycles. The Kier molecular flexibility index (Phi) is 9.70. The maximum absolute atomic E-state index is 12.9. The van der Waals surface area contributed by atoms with Crippen LogP contribution >= 0.6 is 24.8 Å². The molecular weight excluding hydrogens is 421 g/mol. The Balaban J connectivity index is 0.00000196. The maximum atomic E-state index is 12.9. The number of piperidine rings is 2. The van der Waals surface area contributed by atoms with Crippen LogP contribution in [0.4, 0.5) is 5.69 Å². The van der Waals surface area contributed by atoms with E-state index >= 15 is 0 Å². The summed E-state index contributed by atoms with van der Waals surface area (Å²) in [4.78, 5) is 15.3. The Morgan fingerprint density at radius 2 is 1.79 bits per heavy atom. The van der Waals surface area contributed by atoms with Gasteiger partial charge < -0.3 is 10.6 Å². The highest BCUT2D eigenvalue weighted by atomic mass is 35.5. The second kappa shape index (κ2) is 10.8. The number of hydrogen-bond donors (Lipinski definition) is 2. The van der Waals surface area contributed by atoms with Crippen molar-refractivity contribution in [3.63, 3.8) is 0 Å².